The lowest BCUT2D eigenvalue weighted by Crippen LogP contribution is -2.31. The Kier molecular flexibility index (Phi) is 4.30. The van der Waals surface area contributed by atoms with E-state index in [-0.39, 0.29) is 5.97 Å². The molecule has 0 spiro atoms. The predicted molar refractivity (Wildman–Crippen MR) is 84.6 cm³/mol. The molecule has 0 bridgehead atoms. The van der Waals surface area contributed by atoms with Crippen LogP contribution in [-0.2, 0) is 14.9 Å². The van der Waals surface area contributed by atoms with Gasteiger partial charge in [0.25, 0.3) is 0 Å². The largest absolute Gasteiger partial charge is 0.465 e. The average molecular weight is 309 g/mol. The van der Waals surface area contributed by atoms with Crippen LogP contribution in [0.25, 0.3) is 10.6 Å². The lowest BCUT2D eigenvalue weighted by molar-refractivity contribution is -0.148. The van der Waals surface area contributed by atoms with Gasteiger partial charge in [0, 0.05) is 20.7 Å². The summed E-state index contributed by atoms with van der Waals surface area (Å²) in [4.78, 5) is 19.2. The van der Waals surface area contributed by atoms with E-state index in [4.69, 9.17) is 4.74 Å². The Morgan fingerprint density at radius 1 is 1.40 bits per heavy atom. The lowest BCUT2D eigenvalue weighted by atomic mass is 9.90. The van der Waals surface area contributed by atoms with Crippen molar-refractivity contribution in [3.63, 3.8) is 0 Å². The van der Waals surface area contributed by atoms with E-state index in [9.17, 15) is 4.79 Å². The molecule has 0 unspecified atom stereocenters. The smallest absolute Gasteiger partial charge is 0.317 e. The van der Waals surface area contributed by atoms with Crippen LogP contribution < -0.4 is 0 Å². The van der Waals surface area contributed by atoms with Crippen molar-refractivity contribution in [3.05, 3.63) is 26.9 Å². The first-order chi connectivity index (χ1) is 9.36. The van der Waals surface area contributed by atoms with Gasteiger partial charge in [-0.25, -0.2) is 4.98 Å². The fraction of sp³-hybridized carbons (Fsp3) is 0.467. The third-order valence-electron chi connectivity index (χ3n) is 3.20. The normalized spacial score (nSPS) is 11.7. The SMILES string of the molecule is CCOC(=O)C(C)(C)c1csc(-c2cc(C)sc2C)n1. The number of aromatic nitrogens is 1. The van der Waals surface area contributed by atoms with Gasteiger partial charge in [-0.3, -0.25) is 4.79 Å². The highest BCUT2D eigenvalue weighted by molar-refractivity contribution is 7.15. The summed E-state index contributed by atoms with van der Waals surface area (Å²) in [6.07, 6.45) is 0. The summed E-state index contributed by atoms with van der Waals surface area (Å²) in [5, 5.41) is 2.93. The molecule has 0 fully saturated rings. The Balaban J connectivity index is 2.33. The van der Waals surface area contributed by atoms with Gasteiger partial charge in [0.15, 0.2) is 0 Å². The second-order valence-electron chi connectivity index (χ2n) is 5.21. The molecule has 20 heavy (non-hydrogen) atoms. The lowest BCUT2D eigenvalue weighted by Gasteiger charge is -2.19. The number of hydrogen-bond acceptors (Lipinski definition) is 5. The number of ether oxygens (including phenoxy) is 1. The van der Waals surface area contributed by atoms with E-state index >= 15 is 0 Å². The van der Waals surface area contributed by atoms with Gasteiger partial charge in [-0.1, -0.05) is 0 Å². The molecule has 0 aliphatic heterocycles. The van der Waals surface area contributed by atoms with Gasteiger partial charge in [-0.15, -0.1) is 22.7 Å². The zero-order valence-corrected chi connectivity index (χ0v) is 14.1. The van der Waals surface area contributed by atoms with Crippen molar-refractivity contribution < 1.29 is 9.53 Å². The highest BCUT2D eigenvalue weighted by Crippen LogP contribution is 2.35. The molecule has 2 heterocycles. The Morgan fingerprint density at radius 2 is 2.10 bits per heavy atom. The minimum atomic E-state index is -0.705. The first kappa shape index (κ1) is 15.2. The van der Waals surface area contributed by atoms with Crippen LogP contribution in [0.15, 0.2) is 11.4 Å². The molecule has 3 nitrogen and oxygen atoms in total. The molecule has 2 aromatic rings. The fourth-order valence-corrected chi connectivity index (χ4v) is 3.99. The molecule has 5 heteroatoms. The van der Waals surface area contributed by atoms with Crippen molar-refractivity contribution in [2.45, 2.75) is 40.0 Å². The highest BCUT2D eigenvalue weighted by Gasteiger charge is 2.34. The van der Waals surface area contributed by atoms with E-state index in [1.807, 2.05) is 26.2 Å². The summed E-state index contributed by atoms with van der Waals surface area (Å²) in [6.45, 7) is 10.1. The van der Waals surface area contributed by atoms with E-state index in [0.29, 0.717) is 6.61 Å². The summed E-state index contributed by atoms with van der Waals surface area (Å²) in [5.74, 6) is -0.227. The van der Waals surface area contributed by atoms with E-state index < -0.39 is 5.41 Å². The minimum absolute atomic E-state index is 0.227. The molecule has 0 amide bonds. The molecule has 0 atom stereocenters. The first-order valence-electron chi connectivity index (χ1n) is 6.57. The fourth-order valence-electron chi connectivity index (χ4n) is 1.94. The van der Waals surface area contributed by atoms with E-state index in [0.717, 1.165) is 10.7 Å². The monoisotopic (exact) mass is 309 g/mol. The molecule has 0 aliphatic carbocycles. The maximum atomic E-state index is 12.0. The van der Waals surface area contributed by atoms with E-state index in [2.05, 4.69) is 24.9 Å². The van der Waals surface area contributed by atoms with Crippen LogP contribution in [0.4, 0.5) is 0 Å². The standard InChI is InChI=1S/C15H19NO2S2/c1-6-18-14(17)15(4,5)12-8-19-13(16-12)11-7-9(2)20-10(11)3/h7-8H,6H2,1-5H3. The number of thiophene rings is 1. The zero-order valence-electron chi connectivity index (χ0n) is 12.4. The topological polar surface area (TPSA) is 39.2 Å². The quantitative estimate of drug-likeness (QED) is 0.789. The van der Waals surface area contributed by atoms with Crippen molar-refractivity contribution in [3.8, 4) is 10.6 Å². The Hall–Kier alpha value is -1.20. The second-order valence-corrected chi connectivity index (χ2v) is 7.53. The number of carbonyl (C=O) groups is 1. The van der Waals surface area contributed by atoms with Crippen LogP contribution in [0, 0.1) is 13.8 Å². The Labute approximate surface area is 127 Å². The van der Waals surface area contributed by atoms with E-state index in [1.165, 1.54) is 15.3 Å². The van der Waals surface area contributed by atoms with Crippen LogP contribution in [0.2, 0.25) is 0 Å². The van der Waals surface area contributed by atoms with Crippen molar-refractivity contribution in [2.24, 2.45) is 0 Å². The maximum Gasteiger partial charge on any atom is 0.317 e. The molecule has 0 aliphatic rings. The maximum absolute atomic E-state index is 12.0. The van der Waals surface area contributed by atoms with Crippen molar-refractivity contribution in [2.75, 3.05) is 6.61 Å². The number of hydrogen-bond donors (Lipinski definition) is 0. The molecule has 0 aromatic carbocycles. The number of carbonyl (C=O) groups excluding carboxylic acids is 1. The van der Waals surface area contributed by atoms with Crippen LogP contribution in [0.1, 0.15) is 36.2 Å². The first-order valence-corrected chi connectivity index (χ1v) is 8.26. The highest BCUT2D eigenvalue weighted by atomic mass is 32.1. The van der Waals surface area contributed by atoms with Crippen LogP contribution in [-0.4, -0.2) is 17.6 Å². The summed E-state index contributed by atoms with van der Waals surface area (Å²) in [6, 6.07) is 2.15. The third-order valence-corrected chi connectivity index (χ3v) is 5.04. The Bertz CT molecular complexity index is 626. The Morgan fingerprint density at radius 3 is 2.65 bits per heavy atom. The third kappa shape index (κ3) is 2.79. The molecule has 0 N–H and O–H groups in total. The molecule has 0 radical (unpaired) electrons. The number of nitrogens with zero attached hydrogens (tertiary/aromatic N) is 1. The van der Waals surface area contributed by atoms with E-state index in [1.54, 1.807) is 22.7 Å². The van der Waals surface area contributed by atoms with Crippen LogP contribution >= 0.6 is 22.7 Å². The van der Waals surface area contributed by atoms with Gasteiger partial charge in [-0.05, 0) is 40.7 Å². The number of esters is 1. The second kappa shape index (κ2) is 5.66. The number of aryl methyl sites for hydroxylation is 2. The molecular formula is C15H19NO2S2. The van der Waals surface area contributed by atoms with Gasteiger partial charge in [0.2, 0.25) is 0 Å². The van der Waals surface area contributed by atoms with Gasteiger partial charge >= 0.3 is 5.97 Å². The zero-order chi connectivity index (χ0) is 14.9. The summed E-state index contributed by atoms with van der Waals surface area (Å²) in [7, 11) is 0. The van der Waals surface area contributed by atoms with Gasteiger partial charge in [0.05, 0.1) is 12.3 Å². The molecule has 2 rings (SSSR count). The number of rotatable bonds is 4. The van der Waals surface area contributed by atoms with Crippen molar-refractivity contribution >= 4 is 28.6 Å². The minimum Gasteiger partial charge on any atom is -0.465 e. The summed E-state index contributed by atoms with van der Waals surface area (Å²) < 4.78 is 5.13. The van der Waals surface area contributed by atoms with Gasteiger partial charge in [0.1, 0.15) is 10.4 Å². The van der Waals surface area contributed by atoms with Crippen LogP contribution in [0.5, 0.6) is 0 Å². The summed E-state index contributed by atoms with van der Waals surface area (Å²) >= 11 is 3.35. The predicted octanol–water partition coefficient (Wildman–Crippen LogP) is 4.33. The van der Waals surface area contributed by atoms with Crippen LogP contribution in [0.3, 0.4) is 0 Å². The molecular weight excluding hydrogens is 290 g/mol. The molecule has 0 saturated carbocycles. The van der Waals surface area contributed by atoms with Crippen molar-refractivity contribution in [1.82, 2.24) is 4.98 Å². The average Bonchev–Trinajstić information content (AvgIpc) is 2.96. The summed E-state index contributed by atoms with van der Waals surface area (Å²) in [5.41, 5.74) is 1.24. The number of thiazole rings is 1. The van der Waals surface area contributed by atoms with Gasteiger partial charge < -0.3 is 4.74 Å². The molecule has 2 aromatic heterocycles. The van der Waals surface area contributed by atoms with Gasteiger partial charge in [-0.2, -0.15) is 0 Å². The molecule has 108 valence electrons. The van der Waals surface area contributed by atoms with Crippen molar-refractivity contribution in [1.29, 1.82) is 0 Å². The molecule has 0 saturated heterocycles.